The van der Waals surface area contributed by atoms with Crippen LogP contribution in [0.1, 0.15) is 107 Å². The molecule has 4 N–H and O–H groups in total. The van der Waals surface area contributed by atoms with Crippen LogP contribution in [0.4, 0.5) is 0 Å². The molecule has 0 fully saturated rings. The van der Waals surface area contributed by atoms with Crippen molar-refractivity contribution in [1.29, 1.82) is 0 Å². The summed E-state index contributed by atoms with van der Waals surface area (Å²) in [6, 6.07) is 4.79. The lowest BCUT2D eigenvalue weighted by Crippen LogP contribution is -2.58. The molecule has 1 heterocycles. The number of carbonyl (C=O) groups is 7. The molecule has 9 atom stereocenters. The van der Waals surface area contributed by atoms with E-state index in [1.807, 2.05) is 71.9 Å². The highest BCUT2D eigenvalue weighted by molar-refractivity contribution is 5.96. The molecule has 1 aliphatic heterocycles. The standard InChI is InChI=1S/C44H70N6O8/c1-13-27(5)37-29(7)19-18-20-30(8)44(57)58-35(23-26(3)4)40(53)46-32(10)42(55)50(12)34(24-33-21-16-15-17-22-33)43(56)49(11)25-36(51)47-38(28(6)14-2)41(54)45-31(9)39(52)48-37/h15-17,20-22,26-29,31-32,34-35,37-38H,13-14,18-19,23-25H2,1-12H3,(H,45,54)(H,46,53)(H,47,51)(H,48,52)/b30-20-/t27-,28+,29-,31+,32-,34+,35+,37+,38-/m0/s1. The fraction of sp³-hybridized carbons (Fsp3) is 0.659. The van der Waals surface area contributed by atoms with E-state index in [0.717, 1.165) is 12.0 Å². The lowest BCUT2D eigenvalue weighted by molar-refractivity contribution is -0.154. The summed E-state index contributed by atoms with van der Waals surface area (Å²) >= 11 is 0. The summed E-state index contributed by atoms with van der Waals surface area (Å²) in [4.78, 5) is 98.2. The van der Waals surface area contributed by atoms with Crippen molar-refractivity contribution in [2.75, 3.05) is 20.6 Å². The van der Waals surface area contributed by atoms with Gasteiger partial charge in [0.05, 0.1) is 6.54 Å². The number of benzene rings is 1. The molecule has 0 aromatic heterocycles. The van der Waals surface area contributed by atoms with E-state index >= 15 is 0 Å². The first-order valence-electron chi connectivity index (χ1n) is 20.9. The molecule has 0 spiro atoms. The molecule has 6 amide bonds. The minimum Gasteiger partial charge on any atom is -0.449 e. The van der Waals surface area contributed by atoms with Crippen LogP contribution in [0.25, 0.3) is 0 Å². The Morgan fingerprint density at radius 1 is 0.759 bits per heavy atom. The van der Waals surface area contributed by atoms with Crippen LogP contribution in [0.3, 0.4) is 0 Å². The van der Waals surface area contributed by atoms with Crippen molar-refractivity contribution in [2.45, 2.75) is 144 Å². The number of ether oxygens (including phenoxy) is 1. The normalized spacial score (nSPS) is 28.1. The molecule has 1 aromatic rings. The summed E-state index contributed by atoms with van der Waals surface area (Å²) in [5, 5.41) is 11.4. The average Bonchev–Trinajstić information content (AvgIpc) is 3.18. The van der Waals surface area contributed by atoms with Crippen molar-refractivity contribution >= 4 is 41.4 Å². The maximum absolute atomic E-state index is 14.1. The van der Waals surface area contributed by atoms with Crippen molar-refractivity contribution in [1.82, 2.24) is 31.1 Å². The summed E-state index contributed by atoms with van der Waals surface area (Å²) in [6.07, 6.45) is 3.40. The number of cyclic esters (lactones) is 1. The number of amides is 6. The summed E-state index contributed by atoms with van der Waals surface area (Å²) in [5.74, 6) is -4.11. The molecule has 14 nitrogen and oxygen atoms in total. The Kier molecular flexibility index (Phi) is 20.1. The van der Waals surface area contributed by atoms with E-state index < -0.39 is 72.3 Å². The second-order valence-electron chi connectivity index (χ2n) is 16.6. The van der Waals surface area contributed by atoms with E-state index in [-0.39, 0.29) is 48.5 Å². The van der Waals surface area contributed by atoms with Crippen LogP contribution >= 0.6 is 0 Å². The Bertz CT molecular complexity index is 1600. The number of hydrogen-bond acceptors (Lipinski definition) is 8. The number of esters is 1. The minimum absolute atomic E-state index is 0.00352. The van der Waals surface area contributed by atoms with Crippen molar-refractivity contribution in [3.8, 4) is 0 Å². The molecule has 1 aliphatic rings. The zero-order chi connectivity index (χ0) is 43.9. The maximum atomic E-state index is 14.1. The number of rotatable bonds is 8. The van der Waals surface area contributed by atoms with Gasteiger partial charge in [0.2, 0.25) is 29.5 Å². The molecule has 58 heavy (non-hydrogen) atoms. The highest BCUT2D eigenvalue weighted by atomic mass is 16.5. The molecule has 0 bridgehead atoms. The van der Waals surface area contributed by atoms with Gasteiger partial charge in [0, 0.05) is 32.1 Å². The van der Waals surface area contributed by atoms with Crippen LogP contribution in [0.15, 0.2) is 42.0 Å². The predicted molar refractivity (Wildman–Crippen MR) is 224 cm³/mol. The second kappa shape index (κ2) is 23.6. The summed E-state index contributed by atoms with van der Waals surface area (Å²) < 4.78 is 5.73. The largest absolute Gasteiger partial charge is 0.449 e. The molecule has 0 radical (unpaired) electrons. The quantitative estimate of drug-likeness (QED) is 0.285. The SMILES string of the molecule is CC[C@@H](C)[C@@H]1NC(=O)CN(C)C(=O)[C@@H](Cc2ccccc2)N(C)C(=O)[C@H](C)NC(=O)[C@@H](CC(C)C)OC(=O)/C(C)=C\CC[C@H](C)[C@@H]([C@@H](C)CC)NC(=O)[C@@H](C)NC1=O. The third kappa shape index (κ3) is 14.9. The molecule has 1 aromatic carbocycles. The van der Waals surface area contributed by atoms with Crippen LogP contribution in [0.5, 0.6) is 0 Å². The van der Waals surface area contributed by atoms with Crippen LogP contribution < -0.4 is 21.3 Å². The van der Waals surface area contributed by atoms with Gasteiger partial charge in [-0.2, -0.15) is 0 Å². The molecule has 324 valence electrons. The molecule has 0 unspecified atom stereocenters. The number of allylic oxidation sites excluding steroid dienone is 1. The predicted octanol–water partition coefficient (Wildman–Crippen LogP) is 3.92. The Morgan fingerprint density at radius 3 is 1.95 bits per heavy atom. The molecule has 2 rings (SSSR count). The Balaban J connectivity index is 2.57. The lowest BCUT2D eigenvalue weighted by Gasteiger charge is -2.33. The van der Waals surface area contributed by atoms with E-state index in [9.17, 15) is 33.6 Å². The molecular formula is C44H70N6O8. The number of likely N-dealkylation sites (N-methyl/N-ethyl adjacent to an activating group) is 2. The van der Waals surface area contributed by atoms with Gasteiger partial charge in [-0.3, -0.25) is 28.8 Å². The van der Waals surface area contributed by atoms with E-state index in [0.29, 0.717) is 24.8 Å². The summed E-state index contributed by atoms with van der Waals surface area (Å²) in [7, 11) is 2.91. The first-order chi connectivity index (χ1) is 27.2. The number of hydrogen-bond donors (Lipinski definition) is 4. The Labute approximate surface area is 346 Å². The summed E-state index contributed by atoms with van der Waals surface area (Å²) in [5.41, 5.74) is 1.09. The average molecular weight is 811 g/mol. The molecule has 0 aliphatic carbocycles. The van der Waals surface area contributed by atoms with Crippen molar-refractivity contribution < 1.29 is 38.3 Å². The maximum Gasteiger partial charge on any atom is 0.334 e. The van der Waals surface area contributed by atoms with Crippen molar-refractivity contribution in [2.24, 2.45) is 23.7 Å². The fourth-order valence-electron chi connectivity index (χ4n) is 6.96. The number of nitrogens with one attached hydrogen (secondary N) is 4. The van der Waals surface area contributed by atoms with Gasteiger partial charge in [0.15, 0.2) is 6.10 Å². The van der Waals surface area contributed by atoms with Crippen LogP contribution in [-0.2, 0) is 44.7 Å². The van der Waals surface area contributed by atoms with Crippen molar-refractivity contribution in [3.63, 3.8) is 0 Å². The van der Waals surface area contributed by atoms with Gasteiger partial charge < -0.3 is 35.8 Å². The lowest BCUT2D eigenvalue weighted by atomic mass is 9.85. The van der Waals surface area contributed by atoms with Crippen LogP contribution in [0, 0.1) is 23.7 Å². The Morgan fingerprint density at radius 2 is 1.36 bits per heavy atom. The summed E-state index contributed by atoms with van der Waals surface area (Å²) in [6.45, 7) is 17.9. The first-order valence-corrected chi connectivity index (χ1v) is 20.9. The minimum atomic E-state index is -1.17. The highest BCUT2D eigenvalue weighted by Crippen LogP contribution is 2.22. The van der Waals surface area contributed by atoms with Crippen molar-refractivity contribution in [3.05, 3.63) is 47.5 Å². The van der Waals surface area contributed by atoms with Gasteiger partial charge in [0.25, 0.3) is 5.91 Å². The number of nitrogens with zero attached hydrogens (tertiary/aromatic N) is 2. The van der Waals surface area contributed by atoms with Crippen LogP contribution in [-0.4, -0.2) is 108 Å². The molecular weight excluding hydrogens is 741 g/mol. The third-order valence-corrected chi connectivity index (χ3v) is 11.2. The van der Waals surface area contributed by atoms with Gasteiger partial charge >= 0.3 is 5.97 Å². The molecule has 14 heteroatoms. The van der Waals surface area contributed by atoms with E-state index in [4.69, 9.17) is 4.74 Å². The van der Waals surface area contributed by atoms with Gasteiger partial charge in [-0.25, -0.2) is 4.79 Å². The monoisotopic (exact) mass is 811 g/mol. The van der Waals surface area contributed by atoms with E-state index in [1.54, 1.807) is 19.9 Å². The zero-order valence-electron chi connectivity index (χ0n) is 36.8. The molecule has 0 saturated carbocycles. The number of carbonyl (C=O) groups excluding carboxylic acids is 7. The van der Waals surface area contributed by atoms with Gasteiger partial charge in [0.1, 0.15) is 24.2 Å². The molecule has 0 saturated heterocycles. The van der Waals surface area contributed by atoms with E-state index in [2.05, 4.69) is 28.2 Å². The topological polar surface area (TPSA) is 183 Å². The van der Waals surface area contributed by atoms with E-state index in [1.165, 1.54) is 30.8 Å². The fourth-order valence-corrected chi connectivity index (χ4v) is 6.96. The van der Waals surface area contributed by atoms with Gasteiger partial charge in [-0.15, -0.1) is 0 Å². The smallest absolute Gasteiger partial charge is 0.334 e. The zero-order valence-corrected chi connectivity index (χ0v) is 36.8. The van der Waals surface area contributed by atoms with Crippen LogP contribution in [0.2, 0.25) is 0 Å². The second-order valence-corrected chi connectivity index (χ2v) is 16.6. The first kappa shape index (κ1) is 49.4. The highest BCUT2D eigenvalue weighted by Gasteiger charge is 2.36. The third-order valence-electron chi connectivity index (χ3n) is 11.2. The van der Waals surface area contributed by atoms with Gasteiger partial charge in [-0.1, -0.05) is 97.7 Å². The Hall–Kier alpha value is -4.75. The van der Waals surface area contributed by atoms with Gasteiger partial charge in [-0.05, 0) is 69.3 Å².